The Morgan fingerprint density at radius 2 is 1.09 bits per heavy atom. The standard InChI is InChI=1S/C65H95O8PSi3/c1-14-75(15-2,16-3)73-63-49(7)62-60(70-61(63)43-58-48(6)46(4)41-50(68-58)37-38-56-47(5)42-51(69-56)45-66-74)44-59(72-77(65(11,12)13,54-33-25-19-26-34-54)55-35-27-20-28-36-55)57(71-62)39-40-67-76(64(8,9)10,52-29-21-17-22-30-52)53-31-23-18-24-32-53/h17-36,46,49-51,56-63H,5-6,14-16,37-45,74H2,1-4,7-13H3/t46?,49-,50?,51?,56-,57?,58?,59?,60?,61-,62-,63?/m0/s1. The first kappa shape index (κ1) is 60.2. The van der Waals surface area contributed by atoms with E-state index in [9.17, 15) is 0 Å². The Bertz CT molecular complexity index is 2400. The molecule has 0 bridgehead atoms. The maximum atomic E-state index is 8.22. The Morgan fingerprint density at radius 1 is 0.584 bits per heavy atom. The van der Waals surface area contributed by atoms with Crippen molar-refractivity contribution in [3.63, 3.8) is 0 Å². The SMILES string of the molecule is C=C1C(C)CC(CC[C@@H]2OC(COP)CC2=C)OC1C[C@@H]1OC2CC(O[Si](c3ccccc3)(c3ccccc3)C(C)(C)C)C(CCO[Si](c3ccccc3)(c3ccccc3)C(C)(C)C)O[C@H]2[C@H](C)C1O[Si](CC)(CC)CC. The van der Waals surface area contributed by atoms with Crippen molar-refractivity contribution in [2.24, 2.45) is 11.8 Å². The fraction of sp³-hybridized carbons (Fsp3) is 0.569. The van der Waals surface area contributed by atoms with E-state index in [2.05, 4.69) is 214 Å². The molecule has 0 aromatic heterocycles. The second-order valence-electron chi connectivity index (χ2n) is 25.1. The van der Waals surface area contributed by atoms with Crippen LogP contribution in [0, 0.1) is 11.8 Å². The molecule has 4 aromatic carbocycles. The van der Waals surface area contributed by atoms with Gasteiger partial charge in [-0.1, -0.05) is 211 Å². The third kappa shape index (κ3) is 12.9. The van der Waals surface area contributed by atoms with Gasteiger partial charge >= 0.3 is 0 Å². The highest BCUT2D eigenvalue weighted by molar-refractivity contribution is 7.09. The molecule has 0 N–H and O–H groups in total. The first-order chi connectivity index (χ1) is 36.8. The van der Waals surface area contributed by atoms with E-state index in [0.717, 1.165) is 55.0 Å². The van der Waals surface area contributed by atoms with Crippen LogP contribution in [0.3, 0.4) is 0 Å². The van der Waals surface area contributed by atoms with E-state index in [0.29, 0.717) is 38.4 Å². The Hall–Kier alpha value is -2.88. The fourth-order valence-electron chi connectivity index (χ4n) is 13.8. The molecule has 4 fully saturated rings. The highest BCUT2D eigenvalue weighted by Gasteiger charge is 2.58. The van der Waals surface area contributed by atoms with Crippen molar-refractivity contribution >= 4 is 55.2 Å². The van der Waals surface area contributed by atoms with Crippen LogP contribution in [0.5, 0.6) is 0 Å². The van der Waals surface area contributed by atoms with E-state index in [1.807, 2.05) is 0 Å². The van der Waals surface area contributed by atoms with Gasteiger partial charge in [0, 0.05) is 34.8 Å². The van der Waals surface area contributed by atoms with Gasteiger partial charge in [0.15, 0.2) is 8.32 Å². The molecule has 4 aliphatic rings. The average Bonchev–Trinajstić information content (AvgIpc) is 3.84. The lowest BCUT2D eigenvalue weighted by atomic mass is 9.79. The van der Waals surface area contributed by atoms with E-state index >= 15 is 0 Å². The quantitative estimate of drug-likeness (QED) is 0.0438. The maximum absolute atomic E-state index is 8.22. The molecule has 4 aliphatic heterocycles. The largest absolute Gasteiger partial charge is 0.411 e. The van der Waals surface area contributed by atoms with Gasteiger partial charge < -0.3 is 36.7 Å². The molecule has 4 heterocycles. The normalized spacial score (nSPS) is 28.6. The van der Waals surface area contributed by atoms with Crippen molar-refractivity contribution in [1.82, 2.24) is 0 Å². The first-order valence-electron chi connectivity index (χ1n) is 29.3. The van der Waals surface area contributed by atoms with Crippen LogP contribution in [0.1, 0.15) is 121 Å². The number of hydrogen-bond donors (Lipinski definition) is 0. The summed E-state index contributed by atoms with van der Waals surface area (Å²) >= 11 is 0. The zero-order valence-corrected chi connectivity index (χ0v) is 52.9. The van der Waals surface area contributed by atoms with E-state index in [1.54, 1.807) is 0 Å². The molecule has 4 aromatic rings. The molecule has 8 nitrogen and oxygen atoms in total. The van der Waals surface area contributed by atoms with Gasteiger partial charge in [-0.3, -0.25) is 0 Å². The summed E-state index contributed by atoms with van der Waals surface area (Å²) in [7, 11) is -5.73. The molecule has 4 saturated heterocycles. The zero-order chi connectivity index (χ0) is 55.2. The van der Waals surface area contributed by atoms with Crippen LogP contribution in [0.25, 0.3) is 0 Å². The smallest absolute Gasteiger partial charge is 0.261 e. The highest BCUT2D eigenvalue weighted by atomic mass is 31.0. The Labute approximate surface area is 470 Å². The maximum Gasteiger partial charge on any atom is 0.261 e. The Morgan fingerprint density at radius 3 is 1.58 bits per heavy atom. The third-order valence-electron chi connectivity index (χ3n) is 18.3. The lowest BCUT2D eigenvalue weighted by molar-refractivity contribution is -0.264. The van der Waals surface area contributed by atoms with Crippen LogP contribution in [-0.4, -0.2) is 99.2 Å². The first-order valence-corrected chi connectivity index (χ1v) is 36.2. The minimum absolute atomic E-state index is 0.0200. The predicted octanol–water partition coefficient (Wildman–Crippen LogP) is 12.9. The van der Waals surface area contributed by atoms with Crippen molar-refractivity contribution < 1.29 is 36.7 Å². The van der Waals surface area contributed by atoms with Gasteiger partial charge in [-0.25, -0.2) is 0 Å². The lowest BCUT2D eigenvalue weighted by Gasteiger charge is -2.55. The molecule has 0 radical (unpaired) electrons. The summed E-state index contributed by atoms with van der Waals surface area (Å²) < 4.78 is 58.0. The average molecular weight is 1120 g/mol. The number of benzene rings is 4. The summed E-state index contributed by atoms with van der Waals surface area (Å²) in [5.74, 6) is 0.348. The van der Waals surface area contributed by atoms with Crippen molar-refractivity contribution in [3.05, 3.63) is 146 Å². The monoisotopic (exact) mass is 1120 g/mol. The molecule has 0 aliphatic carbocycles. The van der Waals surface area contributed by atoms with Gasteiger partial charge in [0.05, 0.1) is 67.6 Å². The molecule has 420 valence electrons. The molecule has 8 rings (SSSR count). The van der Waals surface area contributed by atoms with Gasteiger partial charge in [0.2, 0.25) is 0 Å². The molecule has 0 spiro atoms. The predicted molar refractivity (Wildman–Crippen MR) is 327 cm³/mol. The van der Waals surface area contributed by atoms with Crippen LogP contribution in [-0.2, 0) is 36.7 Å². The zero-order valence-electron chi connectivity index (χ0n) is 48.7. The summed E-state index contributed by atoms with van der Waals surface area (Å²) in [4.78, 5) is 0. The van der Waals surface area contributed by atoms with Gasteiger partial charge in [0.1, 0.15) is 0 Å². The number of fused-ring (bicyclic) bond motifs is 1. The van der Waals surface area contributed by atoms with E-state index in [-0.39, 0.29) is 77.0 Å². The summed E-state index contributed by atoms with van der Waals surface area (Å²) in [6, 6.07) is 47.2. The van der Waals surface area contributed by atoms with Crippen molar-refractivity contribution in [2.45, 2.75) is 210 Å². The van der Waals surface area contributed by atoms with E-state index < -0.39 is 25.0 Å². The summed E-state index contributed by atoms with van der Waals surface area (Å²) in [6.07, 6.45) is 4.11. The molecule has 13 atom stereocenters. The minimum Gasteiger partial charge on any atom is -0.411 e. The van der Waals surface area contributed by atoms with Crippen LogP contribution in [0.4, 0.5) is 0 Å². The second-order valence-corrected chi connectivity index (χ2v) is 38.7. The Kier molecular flexibility index (Phi) is 20.3. The van der Waals surface area contributed by atoms with Crippen LogP contribution >= 0.6 is 9.47 Å². The molecular formula is C65H95O8PSi3. The van der Waals surface area contributed by atoms with Crippen molar-refractivity contribution in [3.8, 4) is 0 Å². The van der Waals surface area contributed by atoms with Crippen LogP contribution in [0.15, 0.2) is 146 Å². The molecule has 0 amide bonds. The topological polar surface area (TPSA) is 73.8 Å². The summed E-state index contributed by atoms with van der Waals surface area (Å²) in [5.41, 5.74) is 2.30. The Balaban J connectivity index is 1.15. The number of ether oxygens (including phenoxy) is 4. The molecular weight excluding hydrogens is 1020 g/mol. The van der Waals surface area contributed by atoms with Gasteiger partial charge in [-0.05, 0) is 98.1 Å². The van der Waals surface area contributed by atoms with Crippen molar-refractivity contribution in [1.29, 1.82) is 0 Å². The third-order valence-corrected chi connectivity index (χ3v) is 33.3. The molecule has 77 heavy (non-hydrogen) atoms. The molecule has 0 saturated carbocycles. The van der Waals surface area contributed by atoms with E-state index in [4.69, 9.17) is 43.3 Å². The highest BCUT2D eigenvalue weighted by Crippen LogP contribution is 2.47. The molecule has 9 unspecified atom stereocenters. The number of hydrogen-bond acceptors (Lipinski definition) is 8. The summed E-state index contributed by atoms with van der Waals surface area (Å²) in [5, 5.41) is 4.63. The number of rotatable bonds is 22. The van der Waals surface area contributed by atoms with Crippen molar-refractivity contribution in [2.75, 3.05) is 13.2 Å². The second kappa shape index (κ2) is 25.9. The van der Waals surface area contributed by atoms with Crippen LogP contribution in [0.2, 0.25) is 28.2 Å². The fourth-order valence-corrected chi connectivity index (χ4v) is 26.3. The minimum atomic E-state index is -3.07. The van der Waals surface area contributed by atoms with Gasteiger partial charge in [-0.2, -0.15) is 0 Å². The van der Waals surface area contributed by atoms with Crippen LogP contribution < -0.4 is 20.7 Å². The molecule has 12 heteroatoms. The van der Waals surface area contributed by atoms with E-state index in [1.165, 1.54) is 20.7 Å². The van der Waals surface area contributed by atoms with Gasteiger partial charge in [-0.15, -0.1) is 0 Å². The van der Waals surface area contributed by atoms with Gasteiger partial charge in [0.25, 0.3) is 16.6 Å². The summed E-state index contributed by atoms with van der Waals surface area (Å²) in [6.45, 7) is 36.0. The lowest BCUT2D eigenvalue weighted by Crippen LogP contribution is -2.70.